The maximum atomic E-state index is 6.26. The van der Waals surface area contributed by atoms with E-state index < -0.39 is 0 Å². The standard InChI is InChI=1S/C17H34N2O/c1-13(2)12-19-8-6-15(7-9-19)20-16-10-14(11-16)18-17(3,4)5/h13-16,18H,6-12H2,1-5H3. The van der Waals surface area contributed by atoms with Crippen molar-refractivity contribution in [3.8, 4) is 0 Å². The number of piperidine rings is 1. The Morgan fingerprint density at radius 1 is 1.10 bits per heavy atom. The fourth-order valence-electron chi connectivity index (χ4n) is 3.42. The van der Waals surface area contributed by atoms with E-state index in [1.165, 1.54) is 45.3 Å². The second-order valence-electron chi connectivity index (χ2n) is 8.21. The molecule has 3 heteroatoms. The second-order valence-corrected chi connectivity index (χ2v) is 8.21. The lowest BCUT2D eigenvalue weighted by Crippen LogP contribution is -2.53. The van der Waals surface area contributed by atoms with E-state index in [1.54, 1.807) is 0 Å². The molecule has 2 aliphatic rings. The minimum absolute atomic E-state index is 0.234. The van der Waals surface area contributed by atoms with Crippen molar-refractivity contribution in [2.45, 2.75) is 84.1 Å². The smallest absolute Gasteiger partial charge is 0.0608 e. The molecule has 0 radical (unpaired) electrons. The van der Waals surface area contributed by atoms with Gasteiger partial charge in [0.15, 0.2) is 0 Å². The van der Waals surface area contributed by atoms with Crippen LogP contribution in [0.5, 0.6) is 0 Å². The van der Waals surface area contributed by atoms with Gasteiger partial charge in [0.2, 0.25) is 0 Å². The third-order valence-corrected chi connectivity index (χ3v) is 4.27. The van der Waals surface area contributed by atoms with Gasteiger partial charge in [-0.3, -0.25) is 0 Å². The van der Waals surface area contributed by atoms with Gasteiger partial charge in [-0.05, 0) is 52.4 Å². The van der Waals surface area contributed by atoms with Crippen molar-refractivity contribution in [3.05, 3.63) is 0 Å². The SMILES string of the molecule is CC(C)CN1CCC(OC2CC(NC(C)(C)C)C2)CC1. The van der Waals surface area contributed by atoms with Gasteiger partial charge in [-0.1, -0.05) is 13.8 Å². The van der Waals surface area contributed by atoms with Gasteiger partial charge in [0.25, 0.3) is 0 Å². The first-order chi connectivity index (χ1) is 9.32. The van der Waals surface area contributed by atoms with Gasteiger partial charge in [-0.15, -0.1) is 0 Å². The van der Waals surface area contributed by atoms with Gasteiger partial charge < -0.3 is 15.0 Å². The molecule has 3 nitrogen and oxygen atoms in total. The summed E-state index contributed by atoms with van der Waals surface area (Å²) in [6.07, 6.45) is 5.87. The zero-order valence-corrected chi connectivity index (χ0v) is 14.1. The third kappa shape index (κ3) is 5.34. The largest absolute Gasteiger partial charge is 0.375 e. The molecule has 0 aromatic heterocycles. The van der Waals surface area contributed by atoms with Gasteiger partial charge in [-0.25, -0.2) is 0 Å². The van der Waals surface area contributed by atoms with Crippen LogP contribution in [-0.2, 0) is 4.74 Å². The monoisotopic (exact) mass is 282 g/mol. The molecule has 118 valence electrons. The molecule has 1 aliphatic heterocycles. The Kier molecular flexibility index (Phi) is 5.49. The molecule has 1 heterocycles. The molecule has 0 bridgehead atoms. The van der Waals surface area contributed by atoms with Crippen LogP contribution >= 0.6 is 0 Å². The first kappa shape index (κ1) is 16.3. The fourth-order valence-corrected chi connectivity index (χ4v) is 3.42. The van der Waals surface area contributed by atoms with Crippen molar-refractivity contribution >= 4 is 0 Å². The van der Waals surface area contributed by atoms with E-state index in [2.05, 4.69) is 44.8 Å². The molecule has 0 atom stereocenters. The molecule has 1 saturated heterocycles. The van der Waals surface area contributed by atoms with Crippen molar-refractivity contribution in [1.29, 1.82) is 0 Å². The first-order valence-corrected chi connectivity index (χ1v) is 8.47. The summed E-state index contributed by atoms with van der Waals surface area (Å²) in [4.78, 5) is 2.59. The summed E-state index contributed by atoms with van der Waals surface area (Å²) in [7, 11) is 0. The lowest BCUT2D eigenvalue weighted by Gasteiger charge is -2.43. The Hall–Kier alpha value is -0.120. The van der Waals surface area contributed by atoms with Crippen LogP contribution in [0, 0.1) is 5.92 Å². The van der Waals surface area contributed by atoms with Crippen LogP contribution < -0.4 is 5.32 Å². The average molecular weight is 282 g/mol. The van der Waals surface area contributed by atoms with Gasteiger partial charge in [0.05, 0.1) is 12.2 Å². The van der Waals surface area contributed by atoms with E-state index in [1.807, 2.05) is 0 Å². The summed E-state index contributed by atoms with van der Waals surface area (Å²) in [5.41, 5.74) is 0.234. The minimum Gasteiger partial charge on any atom is -0.375 e. The number of rotatable bonds is 5. The average Bonchev–Trinajstić information content (AvgIpc) is 2.26. The van der Waals surface area contributed by atoms with Crippen molar-refractivity contribution in [1.82, 2.24) is 10.2 Å². The number of nitrogens with zero attached hydrogens (tertiary/aromatic N) is 1. The molecular weight excluding hydrogens is 248 g/mol. The Bertz CT molecular complexity index is 284. The first-order valence-electron chi connectivity index (χ1n) is 8.47. The van der Waals surface area contributed by atoms with Gasteiger partial charge in [0.1, 0.15) is 0 Å². The van der Waals surface area contributed by atoms with E-state index >= 15 is 0 Å². The predicted molar refractivity (Wildman–Crippen MR) is 85.1 cm³/mol. The summed E-state index contributed by atoms with van der Waals surface area (Å²) in [5, 5.41) is 3.66. The van der Waals surface area contributed by atoms with Crippen molar-refractivity contribution in [2.24, 2.45) is 5.92 Å². The highest BCUT2D eigenvalue weighted by molar-refractivity contribution is 4.91. The van der Waals surface area contributed by atoms with Gasteiger partial charge >= 0.3 is 0 Å². The molecule has 0 unspecified atom stereocenters. The van der Waals surface area contributed by atoms with Crippen LogP contribution in [0.15, 0.2) is 0 Å². The molecule has 1 N–H and O–H groups in total. The second kappa shape index (κ2) is 6.76. The number of hydrogen-bond acceptors (Lipinski definition) is 3. The molecule has 20 heavy (non-hydrogen) atoms. The topological polar surface area (TPSA) is 24.5 Å². The lowest BCUT2D eigenvalue weighted by molar-refractivity contribution is -0.0871. The van der Waals surface area contributed by atoms with E-state index in [-0.39, 0.29) is 5.54 Å². The van der Waals surface area contributed by atoms with Crippen LogP contribution in [0.1, 0.15) is 60.3 Å². The van der Waals surface area contributed by atoms with Crippen LogP contribution in [0.2, 0.25) is 0 Å². The Balaban J connectivity index is 1.59. The third-order valence-electron chi connectivity index (χ3n) is 4.27. The normalized spacial score (nSPS) is 29.7. The molecule has 2 fully saturated rings. The van der Waals surface area contributed by atoms with Crippen molar-refractivity contribution < 1.29 is 4.74 Å². The Morgan fingerprint density at radius 2 is 1.70 bits per heavy atom. The summed E-state index contributed by atoms with van der Waals surface area (Å²) in [6.45, 7) is 15.0. The highest BCUT2D eigenvalue weighted by atomic mass is 16.5. The highest BCUT2D eigenvalue weighted by Crippen LogP contribution is 2.28. The summed E-state index contributed by atoms with van der Waals surface area (Å²) >= 11 is 0. The Morgan fingerprint density at radius 3 is 2.20 bits per heavy atom. The van der Waals surface area contributed by atoms with E-state index in [9.17, 15) is 0 Å². The maximum Gasteiger partial charge on any atom is 0.0608 e. The number of nitrogens with one attached hydrogen (secondary N) is 1. The fraction of sp³-hybridized carbons (Fsp3) is 1.00. The van der Waals surface area contributed by atoms with E-state index in [0.717, 1.165) is 5.92 Å². The van der Waals surface area contributed by atoms with Crippen molar-refractivity contribution in [3.63, 3.8) is 0 Å². The zero-order valence-electron chi connectivity index (χ0n) is 14.1. The molecule has 1 aliphatic carbocycles. The molecule has 0 amide bonds. The quantitative estimate of drug-likeness (QED) is 0.839. The molecule has 1 saturated carbocycles. The van der Waals surface area contributed by atoms with Crippen molar-refractivity contribution in [2.75, 3.05) is 19.6 Å². The van der Waals surface area contributed by atoms with Crippen LogP contribution in [0.25, 0.3) is 0 Å². The van der Waals surface area contributed by atoms with E-state index in [4.69, 9.17) is 4.74 Å². The predicted octanol–water partition coefficient (Wildman–Crippen LogP) is 3.04. The highest BCUT2D eigenvalue weighted by Gasteiger charge is 2.34. The zero-order chi connectivity index (χ0) is 14.8. The van der Waals surface area contributed by atoms with Crippen LogP contribution in [0.3, 0.4) is 0 Å². The summed E-state index contributed by atoms with van der Waals surface area (Å²) < 4.78 is 6.26. The lowest BCUT2D eigenvalue weighted by atomic mass is 9.87. The van der Waals surface area contributed by atoms with Gasteiger partial charge in [0, 0.05) is 31.2 Å². The number of hydrogen-bond donors (Lipinski definition) is 1. The van der Waals surface area contributed by atoms with Crippen LogP contribution in [-0.4, -0.2) is 48.3 Å². The minimum atomic E-state index is 0.234. The van der Waals surface area contributed by atoms with Crippen LogP contribution in [0.4, 0.5) is 0 Å². The molecule has 0 spiro atoms. The van der Waals surface area contributed by atoms with Gasteiger partial charge in [-0.2, -0.15) is 0 Å². The molecule has 2 rings (SSSR count). The molecule has 0 aromatic carbocycles. The van der Waals surface area contributed by atoms with E-state index in [0.29, 0.717) is 18.2 Å². The molecular formula is C17H34N2O. The maximum absolute atomic E-state index is 6.26. The number of ether oxygens (including phenoxy) is 1. The Labute approximate surface area is 125 Å². The summed E-state index contributed by atoms with van der Waals surface area (Å²) in [6, 6.07) is 0.668. The molecule has 0 aromatic rings. The number of likely N-dealkylation sites (tertiary alicyclic amines) is 1. The summed E-state index contributed by atoms with van der Waals surface area (Å²) in [5.74, 6) is 0.781.